The van der Waals surface area contributed by atoms with E-state index in [0.29, 0.717) is 18.8 Å². The average Bonchev–Trinajstić information content (AvgIpc) is 2.30. The Morgan fingerprint density at radius 2 is 2.00 bits per heavy atom. The van der Waals surface area contributed by atoms with Crippen molar-refractivity contribution < 1.29 is 4.74 Å². The molecule has 2 N–H and O–H groups in total. The number of hydrogen-bond donors (Lipinski definition) is 1. The van der Waals surface area contributed by atoms with Crippen LogP contribution in [0.5, 0.6) is 0 Å². The standard InChI is InChI=1S/C13H17BrClNO/c14-10-2-1-9(13(15)7-10)8-17-12-5-3-11(16)4-6-12/h1-2,7,11-12H,3-6,8,16H2. The third-order valence-electron chi connectivity index (χ3n) is 3.21. The molecule has 0 radical (unpaired) electrons. The van der Waals surface area contributed by atoms with Gasteiger partial charge in [0, 0.05) is 15.5 Å². The van der Waals surface area contributed by atoms with Gasteiger partial charge in [-0.05, 0) is 43.4 Å². The molecule has 1 aromatic rings. The highest BCUT2D eigenvalue weighted by Crippen LogP contribution is 2.25. The van der Waals surface area contributed by atoms with Crippen molar-refractivity contribution in [3.63, 3.8) is 0 Å². The number of rotatable bonds is 3. The van der Waals surface area contributed by atoms with Crippen molar-refractivity contribution in [1.82, 2.24) is 0 Å². The Hall–Kier alpha value is -0.0900. The van der Waals surface area contributed by atoms with E-state index in [1.165, 1.54) is 0 Å². The lowest BCUT2D eigenvalue weighted by Crippen LogP contribution is -2.30. The average molecular weight is 319 g/mol. The summed E-state index contributed by atoms with van der Waals surface area (Å²) in [5.74, 6) is 0. The molecule has 0 spiro atoms. The van der Waals surface area contributed by atoms with E-state index in [1.54, 1.807) is 0 Å². The zero-order valence-electron chi connectivity index (χ0n) is 9.66. The van der Waals surface area contributed by atoms with Crippen molar-refractivity contribution >= 4 is 27.5 Å². The van der Waals surface area contributed by atoms with Gasteiger partial charge in [0.15, 0.2) is 0 Å². The summed E-state index contributed by atoms with van der Waals surface area (Å²) in [5.41, 5.74) is 6.91. The second-order valence-electron chi connectivity index (χ2n) is 4.58. The second kappa shape index (κ2) is 6.19. The molecule has 2 rings (SSSR count). The Labute approximate surface area is 116 Å². The predicted octanol–water partition coefficient (Wildman–Crippen LogP) is 3.89. The molecule has 1 aliphatic carbocycles. The Kier molecular flexibility index (Phi) is 4.86. The lowest BCUT2D eigenvalue weighted by Gasteiger charge is -2.26. The fraction of sp³-hybridized carbons (Fsp3) is 0.538. The topological polar surface area (TPSA) is 35.2 Å². The number of benzene rings is 1. The molecule has 0 heterocycles. The molecule has 1 saturated carbocycles. The lowest BCUT2D eigenvalue weighted by molar-refractivity contribution is 0.0138. The normalized spacial score (nSPS) is 24.9. The molecule has 0 saturated heterocycles. The monoisotopic (exact) mass is 317 g/mol. The summed E-state index contributed by atoms with van der Waals surface area (Å²) in [6.07, 6.45) is 4.61. The highest BCUT2D eigenvalue weighted by molar-refractivity contribution is 9.10. The van der Waals surface area contributed by atoms with E-state index in [0.717, 1.165) is 40.7 Å². The molecule has 0 bridgehead atoms. The minimum Gasteiger partial charge on any atom is -0.373 e. The highest BCUT2D eigenvalue weighted by Gasteiger charge is 2.19. The van der Waals surface area contributed by atoms with Crippen molar-refractivity contribution in [3.05, 3.63) is 33.3 Å². The first kappa shape index (κ1) is 13.3. The van der Waals surface area contributed by atoms with Crippen LogP contribution in [0, 0.1) is 0 Å². The Morgan fingerprint density at radius 3 is 2.65 bits per heavy atom. The van der Waals surface area contributed by atoms with E-state index in [9.17, 15) is 0 Å². The van der Waals surface area contributed by atoms with Crippen molar-refractivity contribution in [1.29, 1.82) is 0 Å². The largest absolute Gasteiger partial charge is 0.373 e. The molecule has 1 fully saturated rings. The molecule has 94 valence electrons. The SMILES string of the molecule is NC1CCC(OCc2ccc(Br)cc2Cl)CC1. The highest BCUT2D eigenvalue weighted by atomic mass is 79.9. The predicted molar refractivity (Wildman–Crippen MR) is 74.2 cm³/mol. The third-order valence-corrected chi connectivity index (χ3v) is 4.05. The summed E-state index contributed by atoms with van der Waals surface area (Å²) >= 11 is 9.53. The number of ether oxygens (including phenoxy) is 1. The van der Waals surface area contributed by atoms with Crippen molar-refractivity contribution in [2.75, 3.05) is 0 Å². The van der Waals surface area contributed by atoms with Gasteiger partial charge in [-0.2, -0.15) is 0 Å². The molecule has 1 aromatic carbocycles. The van der Waals surface area contributed by atoms with Gasteiger partial charge in [-0.3, -0.25) is 0 Å². The zero-order chi connectivity index (χ0) is 12.3. The van der Waals surface area contributed by atoms with Crippen LogP contribution in [0.25, 0.3) is 0 Å². The van der Waals surface area contributed by atoms with Crippen LogP contribution >= 0.6 is 27.5 Å². The molecule has 0 aliphatic heterocycles. The summed E-state index contributed by atoms with van der Waals surface area (Å²) in [5, 5.41) is 0.756. The van der Waals surface area contributed by atoms with Gasteiger partial charge in [0.1, 0.15) is 0 Å². The molecule has 4 heteroatoms. The quantitative estimate of drug-likeness (QED) is 0.917. The molecule has 0 amide bonds. The number of nitrogens with two attached hydrogens (primary N) is 1. The first-order valence-corrected chi connectivity index (χ1v) is 7.13. The zero-order valence-corrected chi connectivity index (χ0v) is 12.0. The van der Waals surface area contributed by atoms with Gasteiger partial charge in [0.25, 0.3) is 0 Å². The van der Waals surface area contributed by atoms with Crippen molar-refractivity contribution in [2.45, 2.75) is 44.4 Å². The van der Waals surface area contributed by atoms with Crippen molar-refractivity contribution in [3.8, 4) is 0 Å². The first-order valence-electron chi connectivity index (χ1n) is 5.96. The molecule has 0 aromatic heterocycles. The fourth-order valence-electron chi connectivity index (χ4n) is 2.10. The fourth-order valence-corrected chi connectivity index (χ4v) is 2.83. The summed E-state index contributed by atoms with van der Waals surface area (Å²) in [6.45, 7) is 0.589. The Bertz CT molecular complexity index is 378. The van der Waals surface area contributed by atoms with Crippen LogP contribution in [0.1, 0.15) is 31.2 Å². The Balaban J connectivity index is 1.85. The molecule has 17 heavy (non-hydrogen) atoms. The van der Waals surface area contributed by atoms with E-state index in [1.807, 2.05) is 18.2 Å². The molecule has 1 aliphatic rings. The van der Waals surface area contributed by atoms with Crippen LogP contribution in [-0.2, 0) is 11.3 Å². The van der Waals surface area contributed by atoms with E-state index in [4.69, 9.17) is 22.1 Å². The van der Waals surface area contributed by atoms with Crippen LogP contribution in [-0.4, -0.2) is 12.1 Å². The van der Waals surface area contributed by atoms with Crippen LogP contribution in [0.4, 0.5) is 0 Å². The van der Waals surface area contributed by atoms with E-state index >= 15 is 0 Å². The number of hydrogen-bond acceptors (Lipinski definition) is 2. The first-order chi connectivity index (χ1) is 8.15. The maximum Gasteiger partial charge on any atom is 0.0735 e. The maximum atomic E-state index is 6.14. The van der Waals surface area contributed by atoms with Gasteiger partial charge in [-0.15, -0.1) is 0 Å². The van der Waals surface area contributed by atoms with Crippen LogP contribution < -0.4 is 5.73 Å². The maximum absolute atomic E-state index is 6.14. The smallest absolute Gasteiger partial charge is 0.0735 e. The summed E-state index contributed by atoms with van der Waals surface area (Å²) < 4.78 is 6.88. The third kappa shape index (κ3) is 3.95. The molecule has 2 nitrogen and oxygen atoms in total. The lowest BCUT2D eigenvalue weighted by atomic mass is 9.94. The minimum absolute atomic E-state index is 0.342. The number of halogens is 2. The molecule has 0 atom stereocenters. The van der Waals surface area contributed by atoms with E-state index in [2.05, 4.69) is 15.9 Å². The van der Waals surface area contributed by atoms with Gasteiger partial charge in [0.2, 0.25) is 0 Å². The van der Waals surface area contributed by atoms with Crippen LogP contribution in [0.15, 0.2) is 22.7 Å². The molecular formula is C13H17BrClNO. The van der Waals surface area contributed by atoms with Gasteiger partial charge in [-0.1, -0.05) is 33.6 Å². The van der Waals surface area contributed by atoms with Crippen LogP contribution in [0.2, 0.25) is 5.02 Å². The van der Waals surface area contributed by atoms with Crippen LogP contribution in [0.3, 0.4) is 0 Å². The summed E-state index contributed by atoms with van der Waals surface area (Å²) in [6, 6.07) is 6.26. The van der Waals surface area contributed by atoms with Gasteiger partial charge < -0.3 is 10.5 Å². The minimum atomic E-state index is 0.342. The van der Waals surface area contributed by atoms with Gasteiger partial charge in [-0.25, -0.2) is 0 Å². The molecular weight excluding hydrogens is 302 g/mol. The van der Waals surface area contributed by atoms with E-state index in [-0.39, 0.29) is 0 Å². The van der Waals surface area contributed by atoms with E-state index < -0.39 is 0 Å². The van der Waals surface area contributed by atoms with Gasteiger partial charge in [0.05, 0.1) is 12.7 Å². The van der Waals surface area contributed by atoms with Gasteiger partial charge >= 0.3 is 0 Å². The summed E-state index contributed by atoms with van der Waals surface area (Å²) in [7, 11) is 0. The second-order valence-corrected chi connectivity index (χ2v) is 5.91. The van der Waals surface area contributed by atoms with Crippen molar-refractivity contribution in [2.24, 2.45) is 5.73 Å². The molecule has 0 unspecified atom stereocenters. The Morgan fingerprint density at radius 1 is 1.29 bits per heavy atom. The summed E-state index contributed by atoms with van der Waals surface area (Å²) in [4.78, 5) is 0.